The van der Waals surface area contributed by atoms with Crippen molar-refractivity contribution in [3.05, 3.63) is 0 Å². The van der Waals surface area contributed by atoms with Crippen LogP contribution in [-0.2, 0) is 58.4 Å². The third-order valence-corrected chi connectivity index (χ3v) is 0. The molecule has 0 aliphatic heterocycles. The van der Waals surface area contributed by atoms with Crippen LogP contribution in [0.15, 0.2) is 0 Å². The van der Waals surface area contributed by atoms with E-state index in [-0.39, 0.29) is 158 Å². The molecule has 0 aromatic heterocycles. The second-order valence-electron chi connectivity index (χ2n) is 3.28. The number of rotatable bonds is 0. The van der Waals surface area contributed by atoms with Gasteiger partial charge >= 0.3 is 58.4 Å². The normalized spacial score (nSPS) is 4.70. The molecule has 136 valence electrons. The van der Waals surface area contributed by atoms with Gasteiger partial charge in [-0.25, -0.2) is 0 Å². The van der Waals surface area contributed by atoms with Crippen LogP contribution in [-0.4, -0.2) is 115 Å². The van der Waals surface area contributed by atoms with Crippen molar-refractivity contribution in [2.24, 2.45) is 0 Å². The van der Waals surface area contributed by atoms with Gasteiger partial charge in [-0.3, -0.25) is 0 Å². The van der Waals surface area contributed by atoms with E-state index < -0.39 is 0 Å². The largest absolute Gasteiger partial charge is 2.00 e. The summed E-state index contributed by atoms with van der Waals surface area (Å²) >= 11 is 0. The molecule has 0 heterocycles. The van der Waals surface area contributed by atoms with Gasteiger partial charge in [-0.2, -0.15) is 0 Å². The Bertz CT molecular complexity index is 68.8. The number of hydrogen-bond acceptors (Lipinski definition) is 9. The van der Waals surface area contributed by atoms with Crippen molar-refractivity contribution in [3.8, 4) is 0 Å². The maximum atomic E-state index is 8.06. The van der Waals surface area contributed by atoms with E-state index in [2.05, 4.69) is 0 Å². The van der Waals surface area contributed by atoms with Gasteiger partial charge < -0.3 is 48.2 Å². The van der Waals surface area contributed by atoms with E-state index in [1.54, 1.807) is 41.5 Å². The average molecular weight is 722 g/mol. The molecule has 0 aromatic rings. The molecule has 0 saturated heterocycles. The molecular weight excluding hydrogens is 692 g/mol. The zero-order chi connectivity index (χ0) is 10.7. The van der Waals surface area contributed by atoms with Gasteiger partial charge in [0.15, 0.2) is 0 Å². The number of hydrogen-bond donors (Lipinski definition) is 3. The van der Waals surface area contributed by atoms with Crippen molar-refractivity contribution < 1.29 is 107 Å². The summed E-state index contributed by atoms with van der Waals surface area (Å²) in [7, 11) is 0. The summed E-state index contributed by atoms with van der Waals surface area (Å²) in [6, 6.07) is 0. The van der Waals surface area contributed by atoms with Crippen molar-refractivity contribution in [1.82, 2.24) is 0 Å². The third-order valence-electron chi connectivity index (χ3n) is 0. The molecule has 0 unspecified atom stereocenters. The minimum Gasteiger partial charge on any atom is -0.870 e. The summed E-state index contributed by atoms with van der Waals surface area (Å²) in [5, 5.41) is 24.2. The van der Waals surface area contributed by atoms with E-state index in [9.17, 15) is 0 Å². The van der Waals surface area contributed by atoms with Gasteiger partial charge in [0.2, 0.25) is 0 Å². The van der Waals surface area contributed by atoms with Gasteiger partial charge in [-0.15, -0.1) is 0 Å². The van der Waals surface area contributed by atoms with Crippen LogP contribution in [0.25, 0.3) is 0 Å². The maximum Gasteiger partial charge on any atom is 2.00 e. The molecule has 0 amide bonds. The molecule has 0 atom stereocenters. The Morgan fingerprint density at radius 3 is 0.391 bits per heavy atom. The predicted octanol–water partition coefficient (Wildman–Crippen LogP) is -0.669. The summed E-state index contributed by atoms with van der Waals surface area (Å²) in [5.41, 5.74) is 0. The first-order valence-corrected chi connectivity index (χ1v) is 4.24. The summed E-state index contributed by atoms with van der Waals surface area (Å²) in [5.74, 6) is 0. The molecule has 6 radical (unpaired) electrons. The molecule has 14 heteroatoms. The van der Waals surface area contributed by atoms with Crippen LogP contribution in [0.3, 0.4) is 0 Å². The quantitative estimate of drug-likeness (QED) is 0.268. The standard InChI is InChI=1S/3C3H8O.6H2O.2Sb.3Zn/c3*1-3(2)4;;;;;;;;;;;/h3*3-4H,1-2H3;6*1H2;;;;;/q;;;;;;;;;;;3*+2/p-6. The topological polar surface area (TPSA) is 241 Å². The van der Waals surface area contributed by atoms with Gasteiger partial charge in [0.05, 0.1) is 0 Å². The maximum absolute atomic E-state index is 8.06. The zero-order valence-electron chi connectivity index (χ0n) is 14.8. The second-order valence-corrected chi connectivity index (χ2v) is 3.28. The molecule has 0 rings (SSSR count). The minimum absolute atomic E-state index is 0. The molecule has 0 saturated carbocycles. The Kier molecular flexibility index (Phi) is 484. The predicted molar refractivity (Wildman–Crippen MR) is 75.2 cm³/mol. The SMILES string of the molecule is CC(C)O.CC(C)O.CC(C)O.[OH-].[OH-].[OH-].[OH-].[OH-].[OH-].[Sb].[Sb].[Zn+2].[Zn+2].[Zn+2]. The molecule has 0 fully saturated rings. The van der Waals surface area contributed by atoms with Gasteiger partial charge in [0.25, 0.3) is 0 Å². The van der Waals surface area contributed by atoms with Crippen LogP contribution in [0.4, 0.5) is 0 Å². The molecule has 0 aromatic carbocycles. The Hall–Kier alpha value is 3.15. The molecule has 23 heavy (non-hydrogen) atoms. The van der Waals surface area contributed by atoms with Crippen molar-refractivity contribution in [3.63, 3.8) is 0 Å². The summed E-state index contributed by atoms with van der Waals surface area (Å²) < 4.78 is 0. The van der Waals surface area contributed by atoms with Crippen LogP contribution < -0.4 is 0 Å². The van der Waals surface area contributed by atoms with Crippen LogP contribution in [0.5, 0.6) is 0 Å². The van der Waals surface area contributed by atoms with Crippen LogP contribution in [0.2, 0.25) is 0 Å². The van der Waals surface area contributed by atoms with Gasteiger partial charge in [-0.05, 0) is 41.5 Å². The molecule has 9 nitrogen and oxygen atoms in total. The molecule has 9 N–H and O–H groups in total. The molecule has 0 aliphatic carbocycles. The molecule has 0 bridgehead atoms. The number of aliphatic hydroxyl groups excluding tert-OH is 3. The monoisotopic (exact) mass is 716 g/mol. The van der Waals surface area contributed by atoms with Crippen molar-refractivity contribution >= 4 is 48.9 Å². The fourth-order valence-electron chi connectivity index (χ4n) is 0. The molecule has 0 aliphatic rings. The first kappa shape index (κ1) is 112. The fraction of sp³-hybridized carbons (Fsp3) is 1.00. The third kappa shape index (κ3) is 1360. The van der Waals surface area contributed by atoms with Gasteiger partial charge in [0, 0.05) is 67.2 Å². The van der Waals surface area contributed by atoms with Crippen LogP contribution in [0.1, 0.15) is 41.5 Å². The van der Waals surface area contributed by atoms with E-state index in [1.165, 1.54) is 0 Å². The minimum atomic E-state index is -0.167. The Morgan fingerprint density at radius 1 is 0.391 bits per heavy atom. The van der Waals surface area contributed by atoms with Gasteiger partial charge in [-0.1, -0.05) is 0 Å². The summed E-state index contributed by atoms with van der Waals surface area (Å²) in [6.07, 6.45) is -0.500. The van der Waals surface area contributed by atoms with E-state index in [4.69, 9.17) is 15.3 Å². The smallest absolute Gasteiger partial charge is 0.870 e. The van der Waals surface area contributed by atoms with Crippen molar-refractivity contribution in [2.75, 3.05) is 0 Å². The molecular formula is C9H30O9Sb2Zn3. The summed E-state index contributed by atoms with van der Waals surface area (Å²) in [6.45, 7) is 10.3. The Balaban J connectivity index is -0.00000000355. The first-order chi connectivity index (χ1) is 5.20. The van der Waals surface area contributed by atoms with Crippen LogP contribution in [0, 0.1) is 0 Å². The van der Waals surface area contributed by atoms with E-state index in [0.717, 1.165) is 0 Å². The van der Waals surface area contributed by atoms with Crippen LogP contribution >= 0.6 is 0 Å². The Morgan fingerprint density at radius 2 is 0.391 bits per heavy atom. The van der Waals surface area contributed by atoms with Gasteiger partial charge in [0.1, 0.15) is 0 Å². The molecule has 0 spiro atoms. The zero-order valence-corrected chi connectivity index (χ0v) is 28.8. The van der Waals surface area contributed by atoms with Crippen molar-refractivity contribution in [2.45, 2.75) is 59.9 Å². The fourth-order valence-corrected chi connectivity index (χ4v) is 0. The van der Waals surface area contributed by atoms with E-state index >= 15 is 0 Å². The Labute approximate surface area is 213 Å². The summed E-state index contributed by atoms with van der Waals surface area (Å²) in [4.78, 5) is 0. The van der Waals surface area contributed by atoms with E-state index in [0.29, 0.717) is 0 Å². The van der Waals surface area contributed by atoms with E-state index in [1.807, 2.05) is 0 Å². The average Bonchev–Trinajstić information content (AvgIpc) is 1.54. The van der Waals surface area contributed by atoms with Crippen molar-refractivity contribution in [1.29, 1.82) is 0 Å². The number of aliphatic hydroxyl groups is 3. The first-order valence-electron chi connectivity index (χ1n) is 4.24. The second kappa shape index (κ2) is 99.4.